The zero-order valence-corrected chi connectivity index (χ0v) is 11.5. The molecule has 108 valence electrons. The fraction of sp³-hybridized carbons (Fsp3) is 0.429. The first-order valence-corrected chi connectivity index (χ1v) is 6.53. The molecule has 0 aliphatic carbocycles. The first kappa shape index (κ1) is 14.2. The van der Waals surface area contributed by atoms with E-state index in [2.05, 4.69) is 5.32 Å². The fourth-order valence-electron chi connectivity index (χ4n) is 2.13. The van der Waals surface area contributed by atoms with E-state index in [9.17, 15) is 9.59 Å². The van der Waals surface area contributed by atoms with Crippen LogP contribution in [0.25, 0.3) is 0 Å². The number of benzene rings is 1. The molecule has 1 amide bonds. The summed E-state index contributed by atoms with van der Waals surface area (Å²) in [6.45, 7) is 4.42. The molecule has 0 fully saturated rings. The van der Waals surface area contributed by atoms with Gasteiger partial charge in [-0.05, 0) is 26.0 Å². The lowest BCUT2D eigenvalue weighted by Gasteiger charge is -2.27. The van der Waals surface area contributed by atoms with Crippen LogP contribution in [0.15, 0.2) is 18.2 Å². The van der Waals surface area contributed by atoms with Gasteiger partial charge in [0.25, 0.3) is 5.91 Å². The van der Waals surface area contributed by atoms with Crippen molar-refractivity contribution in [3.05, 3.63) is 23.8 Å². The van der Waals surface area contributed by atoms with Crippen molar-refractivity contribution < 1.29 is 19.4 Å². The zero-order chi connectivity index (χ0) is 14.7. The molecular formula is C14H18N2O4. The Morgan fingerprint density at radius 1 is 1.45 bits per heavy atom. The Balaban J connectivity index is 2.34. The van der Waals surface area contributed by atoms with E-state index in [1.54, 1.807) is 26.0 Å². The first-order chi connectivity index (χ1) is 9.50. The highest BCUT2D eigenvalue weighted by Crippen LogP contribution is 2.32. The lowest BCUT2D eigenvalue weighted by Crippen LogP contribution is -2.41. The number of aliphatic carboxylic acids is 1. The highest BCUT2D eigenvalue weighted by Gasteiger charge is 2.26. The summed E-state index contributed by atoms with van der Waals surface area (Å²) >= 11 is 0. The van der Waals surface area contributed by atoms with Crippen molar-refractivity contribution in [2.75, 3.05) is 25.0 Å². The summed E-state index contributed by atoms with van der Waals surface area (Å²) in [5.74, 6) is -0.862. The predicted molar refractivity (Wildman–Crippen MR) is 74.2 cm³/mol. The molecule has 0 atom stereocenters. The number of carboxylic acids is 1. The third-order valence-corrected chi connectivity index (χ3v) is 3.10. The molecule has 20 heavy (non-hydrogen) atoms. The normalized spacial score (nSPS) is 13.2. The molecule has 0 unspecified atom stereocenters. The minimum Gasteiger partial charge on any atom is -0.489 e. The zero-order valence-electron chi connectivity index (χ0n) is 11.5. The van der Waals surface area contributed by atoms with E-state index in [1.165, 1.54) is 4.90 Å². The summed E-state index contributed by atoms with van der Waals surface area (Å²) < 4.78 is 5.55. The molecule has 6 heteroatoms. The van der Waals surface area contributed by atoms with Gasteiger partial charge in [-0.2, -0.15) is 0 Å². The highest BCUT2D eigenvalue weighted by atomic mass is 16.5. The number of hydrogen-bond acceptors (Lipinski definition) is 4. The molecule has 1 aliphatic heterocycles. The average Bonchev–Trinajstić information content (AvgIpc) is 2.43. The number of carbonyl (C=O) groups is 2. The monoisotopic (exact) mass is 278 g/mol. The van der Waals surface area contributed by atoms with Crippen LogP contribution in [-0.2, 0) is 4.79 Å². The lowest BCUT2D eigenvalue weighted by atomic mass is 10.1. The van der Waals surface area contributed by atoms with Crippen molar-refractivity contribution in [3.63, 3.8) is 0 Å². The second-order valence-electron chi connectivity index (χ2n) is 4.88. The molecule has 0 saturated heterocycles. The molecule has 0 spiro atoms. The number of carbonyl (C=O) groups excluding carboxylic acids is 1. The summed E-state index contributed by atoms with van der Waals surface area (Å²) in [6.07, 6.45) is 0. The molecule has 2 N–H and O–H groups in total. The van der Waals surface area contributed by atoms with Gasteiger partial charge in [-0.1, -0.05) is 6.07 Å². The number of fused-ring (bicyclic) bond motifs is 1. The Kier molecular flexibility index (Phi) is 4.12. The van der Waals surface area contributed by atoms with Crippen LogP contribution in [-0.4, -0.2) is 47.6 Å². The summed E-state index contributed by atoms with van der Waals surface area (Å²) in [7, 11) is 0. The molecule has 0 aromatic heterocycles. The van der Waals surface area contributed by atoms with Gasteiger partial charge in [-0.15, -0.1) is 0 Å². The van der Waals surface area contributed by atoms with Gasteiger partial charge >= 0.3 is 5.97 Å². The van der Waals surface area contributed by atoms with E-state index in [4.69, 9.17) is 9.84 Å². The Morgan fingerprint density at radius 3 is 2.85 bits per heavy atom. The van der Waals surface area contributed by atoms with Gasteiger partial charge < -0.3 is 20.1 Å². The van der Waals surface area contributed by atoms with Crippen LogP contribution < -0.4 is 10.1 Å². The number of anilines is 1. The van der Waals surface area contributed by atoms with Gasteiger partial charge in [0.05, 0.1) is 11.3 Å². The number of hydrogen-bond donors (Lipinski definition) is 2. The maximum atomic E-state index is 12.5. The number of nitrogens with zero attached hydrogens (tertiary/aromatic N) is 1. The van der Waals surface area contributed by atoms with E-state index >= 15 is 0 Å². The number of ether oxygens (including phenoxy) is 1. The largest absolute Gasteiger partial charge is 0.489 e. The molecule has 1 aromatic rings. The second-order valence-corrected chi connectivity index (χ2v) is 4.88. The topological polar surface area (TPSA) is 78.9 Å². The maximum absolute atomic E-state index is 12.5. The average molecular weight is 278 g/mol. The van der Waals surface area contributed by atoms with Gasteiger partial charge in [0.15, 0.2) is 5.75 Å². The lowest BCUT2D eigenvalue weighted by molar-refractivity contribution is -0.138. The van der Waals surface area contributed by atoms with Gasteiger partial charge in [0.2, 0.25) is 0 Å². The van der Waals surface area contributed by atoms with Crippen LogP contribution in [0.2, 0.25) is 0 Å². The smallest absolute Gasteiger partial charge is 0.323 e. The van der Waals surface area contributed by atoms with Gasteiger partial charge in [0.1, 0.15) is 13.2 Å². The van der Waals surface area contributed by atoms with E-state index in [0.29, 0.717) is 24.5 Å². The van der Waals surface area contributed by atoms with Crippen LogP contribution in [0.4, 0.5) is 5.69 Å². The Morgan fingerprint density at radius 2 is 2.20 bits per heavy atom. The van der Waals surface area contributed by atoms with Crippen molar-refractivity contribution in [1.29, 1.82) is 0 Å². The molecule has 1 aromatic carbocycles. The first-order valence-electron chi connectivity index (χ1n) is 6.53. The van der Waals surface area contributed by atoms with E-state index in [0.717, 1.165) is 5.69 Å². The van der Waals surface area contributed by atoms with Gasteiger partial charge in [-0.25, -0.2) is 0 Å². The standard InChI is InChI=1S/C14H18N2O4/c1-9(2)16(8-12(17)18)14(19)10-4-3-5-11-13(10)20-7-6-15-11/h3-5,9,15H,6-8H2,1-2H3,(H,17,18). The summed E-state index contributed by atoms with van der Waals surface area (Å²) in [5, 5.41) is 12.1. The van der Waals surface area contributed by atoms with Crippen molar-refractivity contribution >= 4 is 17.6 Å². The molecular weight excluding hydrogens is 260 g/mol. The van der Waals surface area contributed by atoms with Crippen LogP contribution in [0.5, 0.6) is 5.75 Å². The van der Waals surface area contributed by atoms with E-state index in [1.807, 2.05) is 6.07 Å². The molecule has 2 rings (SSSR count). The number of rotatable bonds is 4. The third-order valence-electron chi connectivity index (χ3n) is 3.10. The van der Waals surface area contributed by atoms with Crippen LogP contribution in [0.3, 0.4) is 0 Å². The second kappa shape index (κ2) is 5.81. The number of amides is 1. The minimum atomic E-state index is -1.03. The SMILES string of the molecule is CC(C)N(CC(=O)O)C(=O)c1cccc2c1OCCN2. The van der Waals surface area contributed by atoms with Gasteiger partial charge in [-0.3, -0.25) is 9.59 Å². The predicted octanol–water partition coefficient (Wildman–Crippen LogP) is 1.43. The number of nitrogens with one attached hydrogen (secondary N) is 1. The van der Waals surface area contributed by atoms with Crippen LogP contribution in [0.1, 0.15) is 24.2 Å². The highest BCUT2D eigenvalue weighted by molar-refractivity contribution is 6.00. The van der Waals surface area contributed by atoms with E-state index < -0.39 is 5.97 Å². The Bertz CT molecular complexity index is 528. The minimum absolute atomic E-state index is 0.203. The molecule has 1 heterocycles. The molecule has 0 bridgehead atoms. The number of para-hydroxylation sites is 1. The van der Waals surface area contributed by atoms with Crippen LogP contribution >= 0.6 is 0 Å². The summed E-state index contributed by atoms with van der Waals surface area (Å²) in [6, 6.07) is 5.05. The van der Waals surface area contributed by atoms with Gasteiger partial charge in [0, 0.05) is 12.6 Å². The summed E-state index contributed by atoms with van der Waals surface area (Å²) in [4.78, 5) is 24.8. The molecule has 0 radical (unpaired) electrons. The molecule has 1 aliphatic rings. The number of carboxylic acid groups (broad SMARTS) is 1. The van der Waals surface area contributed by atoms with Crippen molar-refractivity contribution in [2.24, 2.45) is 0 Å². The van der Waals surface area contributed by atoms with Crippen LogP contribution in [0, 0.1) is 0 Å². The fourth-order valence-corrected chi connectivity index (χ4v) is 2.13. The van der Waals surface area contributed by atoms with Crippen molar-refractivity contribution in [1.82, 2.24) is 4.90 Å². The van der Waals surface area contributed by atoms with Crippen molar-refractivity contribution in [3.8, 4) is 5.75 Å². The molecule has 0 saturated carbocycles. The molecule has 6 nitrogen and oxygen atoms in total. The van der Waals surface area contributed by atoms with E-state index in [-0.39, 0.29) is 18.5 Å². The Labute approximate surface area is 117 Å². The maximum Gasteiger partial charge on any atom is 0.323 e. The quantitative estimate of drug-likeness (QED) is 0.871. The third kappa shape index (κ3) is 2.84. The summed E-state index contributed by atoms with van der Waals surface area (Å²) in [5.41, 5.74) is 1.16. The van der Waals surface area contributed by atoms with Crippen molar-refractivity contribution in [2.45, 2.75) is 19.9 Å². The Hall–Kier alpha value is -2.24.